The molecule has 0 atom stereocenters. The summed E-state index contributed by atoms with van der Waals surface area (Å²) < 4.78 is 4.61. The molecule has 0 rings (SSSR count). The van der Waals surface area contributed by atoms with Gasteiger partial charge in [-0.25, -0.2) is 0 Å². The van der Waals surface area contributed by atoms with Crippen molar-refractivity contribution in [1.29, 1.82) is 0 Å². The van der Waals surface area contributed by atoms with Gasteiger partial charge in [-0.1, -0.05) is 0 Å². The fraction of sp³-hybridized carbons (Fsp3) is 0.833. The summed E-state index contributed by atoms with van der Waals surface area (Å²) in [6.45, 7) is 8.19. The highest BCUT2D eigenvalue weighted by molar-refractivity contribution is 5.79. The van der Waals surface area contributed by atoms with E-state index in [1.165, 1.54) is 7.11 Å². The van der Waals surface area contributed by atoms with E-state index in [2.05, 4.69) is 4.74 Å². The molecular formula is C12H24N2O3. The lowest BCUT2D eigenvalue weighted by molar-refractivity contribution is -0.143. The van der Waals surface area contributed by atoms with Crippen molar-refractivity contribution in [2.75, 3.05) is 27.2 Å². The molecule has 100 valence electrons. The second-order valence-electron chi connectivity index (χ2n) is 4.67. The van der Waals surface area contributed by atoms with Crippen LogP contribution in [0.1, 0.15) is 27.7 Å². The van der Waals surface area contributed by atoms with Crippen molar-refractivity contribution >= 4 is 11.9 Å². The van der Waals surface area contributed by atoms with Gasteiger partial charge in [0, 0.05) is 19.1 Å². The first-order valence-corrected chi connectivity index (χ1v) is 5.86. The monoisotopic (exact) mass is 244 g/mol. The minimum absolute atomic E-state index is 0.0117. The summed E-state index contributed by atoms with van der Waals surface area (Å²) in [6.07, 6.45) is 0. The van der Waals surface area contributed by atoms with Gasteiger partial charge in [0.25, 0.3) is 0 Å². The van der Waals surface area contributed by atoms with Crippen LogP contribution in [-0.2, 0) is 14.3 Å². The number of hydrogen-bond donors (Lipinski definition) is 0. The molecule has 0 unspecified atom stereocenters. The predicted octanol–water partition coefficient (Wildman–Crippen LogP) is 0.737. The van der Waals surface area contributed by atoms with Gasteiger partial charge in [-0.2, -0.15) is 0 Å². The molecule has 5 nitrogen and oxygen atoms in total. The van der Waals surface area contributed by atoms with Crippen LogP contribution in [-0.4, -0.2) is 61.0 Å². The normalized spacial score (nSPS) is 11.1. The first kappa shape index (κ1) is 15.9. The van der Waals surface area contributed by atoms with E-state index in [0.717, 1.165) is 0 Å². The largest absolute Gasteiger partial charge is 0.468 e. The Morgan fingerprint density at radius 2 is 1.59 bits per heavy atom. The topological polar surface area (TPSA) is 49.9 Å². The number of amides is 1. The van der Waals surface area contributed by atoms with Crippen molar-refractivity contribution in [3.63, 3.8) is 0 Å². The Bertz CT molecular complexity index is 264. The Labute approximate surface area is 104 Å². The highest BCUT2D eigenvalue weighted by atomic mass is 16.5. The molecule has 0 heterocycles. The summed E-state index contributed by atoms with van der Waals surface area (Å²) in [6, 6.07) is 0.285. The molecule has 1 amide bonds. The fourth-order valence-electron chi connectivity index (χ4n) is 1.22. The maximum atomic E-state index is 11.9. The number of ether oxygens (including phenoxy) is 1. The van der Waals surface area contributed by atoms with Gasteiger partial charge in [-0.15, -0.1) is 0 Å². The lowest BCUT2D eigenvalue weighted by Crippen LogP contribution is -2.45. The molecule has 0 aliphatic heterocycles. The van der Waals surface area contributed by atoms with E-state index in [1.807, 2.05) is 27.7 Å². The molecule has 0 aliphatic rings. The average Bonchev–Trinajstić information content (AvgIpc) is 2.26. The van der Waals surface area contributed by atoms with E-state index < -0.39 is 0 Å². The van der Waals surface area contributed by atoms with E-state index in [-0.39, 0.29) is 37.0 Å². The van der Waals surface area contributed by atoms with Crippen LogP contribution in [0, 0.1) is 0 Å². The summed E-state index contributed by atoms with van der Waals surface area (Å²) in [5, 5.41) is 0. The second kappa shape index (κ2) is 7.27. The highest BCUT2D eigenvalue weighted by Gasteiger charge is 2.20. The lowest BCUT2D eigenvalue weighted by atomic mass is 10.3. The Kier molecular flexibility index (Phi) is 6.80. The van der Waals surface area contributed by atoms with E-state index in [0.29, 0.717) is 0 Å². The zero-order chi connectivity index (χ0) is 13.6. The first-order valence-electron chi connectivity index (χ1n) is 5.86. The molecule has 17 heavy (non-hydrogen) atoms. The van der Waals surface area contributed by atoms with Crippen LogP contribution in [0.5, 0.6) is 0 Å². The van der Waals surface area contributed by atoms with Gasteiger partial charge < -0.3 is 9.64 Å². The number of carbonyl (C=O) groups is 2. The summed E-state index contributed by atoms with van der Waals surface area (Å²) in [7, 11) is 3.12. The summed E-state index contributed by atoms with van der Waals surface area (Å²) in [4.78, 5) is 26.6. The first-order chi connectivity index (χ1) is 7.79. The maximum absolute atomic E-state index is 11.9. The van der Waals surface area contributed by atoms with Gasteiger partial charge in [0.15, 0.2) is 0 Å². The Morgan fingerprint density at radius 1 is 1.06 bits per heavy atom. The Balaban J connectivity index is 4.45. The number of esters is 1. The quantitative estimate of drug-likeness (QED) is 0.647. The van der Waals surface area contributed by atoms with Crippen LogP contribution in [0.4, 0.5) is 0 Å². The van der Waals surface area contributed by atoms with Crippen LogP contribution in [0.15, 0.2) is 0 Å². The predicted molar refractivity (Wildman–Crippen MR) is 66.6 cm³/mol. The Hall–Kier alpha value is -1.10. The summed E-state index contributed by atoms with van der Waals surface area (Å²) in [5.74, 6) is -0.309. The van der Waals surface area contributed by atoms with Gasteiger partial charge >= 0.3 is 5.97 Å². The molecule has 5 heteroatoms. The third kappa shape index (κ3) is 5.68. The van der Waals surface area contributed by atoms with Gasteiger partial charge in [0.2, 0.25) is 5.91 Å². The summed E-state index contributed by atoms with van der Waals surface area (Å²) in [5.41, 5.74) is 0. The van der Waals surface area contributed by atoms with E-state index in [1.54, 1.807) is 16.8 Å². The van der Waals surface area contributed by atoms with Crippen LogP contribution < -0.4 is 0 Å². The van der Waals surface area contributed by atoms with Crippen LogP contribution in [0.3, 0.4) is 0 Å². The molecule has 0 radical (unpaired) electrons. The van der Waals surface area contributed by atoms with E-state index in [4.69, 9.17) is 0 Å². The van der Waals surface area contributed by atoms with Crippen molar-refractivity contribution < 1.29 is 14.3 Å². The average molecular weight is 244 g/mol. The lowest BCUT2D eigenvalue weighted by Gasteiger charge is -2.28. The SMILES string of the molecule is COC(=O)CN(CC(=O)N(C)C(C)C)C(C)C. The molecule has 0 saturated carbocycles. The number of hydrogen-bond acceptors (Lipinski definition) is 4. The zero-order valence-electron chi connectivity index (χ0n) is 11.7. The fourth-order valence-corrected chi connectivity index (χ4v) is 1.22. The Morgan fingerprint density at radius 3 is 1.94 bits per heavy atom. The molecule has 0 aliphatic carbocycles. The van der Waals surface area contributed by atoms with Gasteiger partial charge in [-0.05, 0) is 27.7 Å². The molecule has 0 aromatic carbocycles. The van der Waals surface area contributed by atoms with Crippen molar-refractivity contribution in [2.45, 2.75) is 39.8 Å². The van der Waals surface area contributed by atoms with Crippen molar-refractivity contribution in [1.82, 2.24) is 9.80 Å². The molecule has 0 spiro atoms. The van der Waals surface area contributed by atoms with Gasteiger partial charge in [-0.3, -0.25) is 14.5 Å². The van der Waals surface area contributed by atoms with Gasteiger partial charge in [0.1, 0.15) is 0 Å². The van der Waals surface area contributed by atoms with Crippen LogP contribution >= 0.6 is 0 Å². The molecule has 0 fully saturated rings. The van der Waals surface area contributed by atoms with E-state index >= 15 is 0 Å². The minimum Gasteiger partial charge on any atom is -0.468 e. The van der Waals surface area contributed by atoms with Gasteiger partial charge in [0.05, 0.1) is 20.2 Å². The smallest absolute Gasteiger partial charge is 0.319 e. The molecule has 0 saturated heterocycles. The number of rotatable bonds is 6. The molecular weight excluding hydrogens is 220 g/mol. The summed E-state index contributed by atoms with van der Waals surface area (Å²) >= 11 is 0. The number of methoxy groups -OCH3 is 1. The van der Waals surface area contributed by atoms with Crippen molar-refractivity contribution in [3.8, 4) is 0 Å². The number of nitrogens with zero attached hydrogens (tertiary/aromatic N) is 2. The molecule has 0 aromatic rings. The third-order valence-corrected chi connectivity index (χ3v) is 2.80. The standard InChI is InChI=1S/C12H24N2O3/c1-9(2)13(5)11(15)7-14(10(3)4)8-12(16)17-6/h9-10H,7-8H2,1-6H3. The van der Waals surface area contributed by atoms with Crippen molar-refractivity contribution in [2.24, 2.45) is 0 Å². The maximum Gasteiger partial charge on any atom is 0.319 e. The number of carbonyl (C=O) groups excluding carboxylic acids is 2. The number of likely N-dealkylation sites (N-methyl/N-ethyl adjacent to an activating group) is 1. The minimum atomic E-state index is -0.321. The molecule has 0 aromatic heterocycles. The van der Waals surface area contributed by atoms with Crippen molar-refractivity contribution in [3.05, 3.63) is 0 Å². The second-order valence-corrected chi connectivity index (χ2v) is 4.67. The highest BCUT2D eigenvalue weighted by Crippen LogP contribution is 2.02. The molecule has 0 bridgehead atoms. The van der Waals surface area contributed by atoms with Crippen LogP contribution in [0.25, 0.3) is 0 Å². The van der Waals surface area contributed by atoms with Crippen LogP contribution in [0.2, 0.25) is 0 Å². The molecule has 0 N–H and O–H groups in total. The van der Waals surface area contributed by atoms with E-state index in [9.17, 15) is 9.59 Å². The third-order valence-electron chi connectivity index (χ3n) is 2.80. The zero-order valence-corrected chi connectivity index (χ0v) is 11.7.